The number of aliphatic hydroxyl groups excluding tert-OH is 1. The quantitative estimate of drug-likeness (QED) is 0.774. The maximum absolute atomic E-state index is 12.2. The molecule has 3 rings (SSSR count). The zero-order chi connectivity index (χ0) is 18.1. The van der Waals surface area contributed by atoms with Gasteiger partial charge in [-0.25, -0.2) is 9.97 Å². The van der Waals surface area contributed by atoms with Crippen LogP contribution in [0.4, 0.5) is 0 Å². The number of nitrogens with zero attached hydrogens (tertiary/aromatic N) is 4. The number of rotatable bonds is 5. The largest absolute Gasteiger partial charge is 0.389 e. The zero-order valence-corrected chi connectivity index (χ0v) is 15.1. The van der Waals surface area contributed by atoms with E-state index in [4.69, 9.17) is 0 Å². The van der Waals surface area contributed by atoms with E-state index in [2.05, 4.69) is 29.9 Å². The van der Waals surface area contributed by atoms with Crippen molar-refractivity contribution in [1.29, 1.82) is 0 Å². The minimum absolute atomic E-state index is 0.139. The molecule has 6 heteroatoms. The Morgan fingerprint density at radius 3 is 2.32 bits per heavy atom. The van der Waals surface area contributed by atoms with Gasteiger partial charge in [0.1, 0.15) is 0 Å². The van der Waals surface area contributed by atoms with E-state index in [9.17, 15) is 9.90 Å². The number of aliphatic hydroxyl groups is 1. The second kappa shape index (κ2) is 6.80. The Balaban J connectivity index is 1.78. The molecule has 0 bridgehead atoms. The molecule has 132 valence electrons. The van der Waals surface area contributed by atoms with Crippen LogP contribution in [0.5, 0.6) is 0 Å². The van der Waals surface area contributed by atoms with Crippen LogP contribution in [0.15, 0.2) is 35.6 Å². The van der Waals surface area contributed by atoms with Crippen LogP contribution in [0.2, 0.25) is 0 Å². The van der Waals surface area contributed by atoms with Gasteiger partial charge in [-0.1, -0.05) is 13.8 Å². The van der Waals surface area contributed by atoms with Gasteiger partial charge < -0.3 is 9.67 Å². The smallest absolute Gasteiger partial charge is 0.253 e. The second-order valence-corrected chi connectivity index (χ2v) is 6.94. The number of benzene rings is 1. The normalized spacial score (nSPS) is 12.9. The molecule has 0 saturated carbocycles. The first-order chi connectivity index (χ1) is 11.8. The molecule has 1 N–H and O–H groups in total. The number of hydrogen-bond donors (Lipinski definition) is 1. The third kappa shape index (κ3) is 3.64. The van der Waals surface area contributed by atoms with E-state index in [1.807, 2.05) is 24.5 Å². The highest BCUT2D eigenvalue weighted by molar-refractivity contribution is 5.77. The summed E-state index contributed by atoms with van der Waals surface area (Å²) in [5.41, 5.74) is 4.91. The molecule has 3 aromatic rings. The fraction of sp³-hybridized carbons (Fsp3) is 0.421. The topological polar surface area (TPSA) is 72.9 Å². The molecular formula is C19H24N4O2. The summed E-state index contributed by atoms with van der Waals surface area (Å²) in [4.78, 5) is 20.9. The van der Waals surface area contributed by atoms with Gasteiger partial charge in [-0.15, -0.1) is 0 Å². The van der Waals surface area contributed by atoms with Crippen LogP contribution in [0.25, 0.3) is 11.0 Å². The van der Waals surface area contributed by atoms with Gasteiger partial charge in [-0.05, 0) is 43.0 Å². The molecule has 0 aliphatic heterocycles. The Bertz CT molecular complexity index is 956. The van der Waals surface area contributed by atoms with Gasteiger partial charge in [0, 0.05) is 6.07 Å². The van der Waals surface area contributed by atoms with Crippen LogP contribution in [0, 0.1) is 13.8 Å². The van der Waals surface area contributed by atoms with Crippen LogP contribution in [0.3, 0.4) is 0 Å². The van der Waals surface area contributed by atoms with Crippen molar-refractivity contribution in [1.82, 2.24) is 19.1 Å². The summed E-state index contributed by atoms with van der Waals surface area (Å²) in [6.07, 6.45) is 2.54. The first-order valence-corrected chi connectivity index (χ1v) is 8.51. The Kier molecular flexibility index (Phi) is 4.72. The van der Waals surface area contributed by atoms with Crippen LogP contribution < -0.4 is 5.56 Å². The number of aromatic nitrogens is 4. The number of imidazole rings is 1. The van der Waals surface area contributed by atoms with Gasteiger partial charge in [-0.2, -0.15) is 0 Å². The monoisotopic (exact) mass is 340 g/mol. The van der Waals surface area contributed by atoms with Crippen molar-refractivity contribution < 1.29 is 5.11 Å². The van der Waals surface area contributed by atoms with Crippen molar-refractivity contribution in [3.63, 3.8) is 0 Å². The summed E-state index contributed by atoms with van der Waals surface area (Å²) in [6, 6.07) is 5.66. The molecule has 0 saturated heterocycles. The number of aryl methyl sites for hydroxylation is 2. The van der Waals surface area contributed by atoms with E-state index in [0.29, 0.717) is 6.54 Å². The minimum atomic E-state index is -0.705. The maximum Gasteiger partial charge on any atom is 0.253 e. The number of hydrogen-bond acceptors (Lipinski definition) is 4. The molecule has 0 aliphatic rings. The summed E-state index contributed by atoms with van der Waals surface area (Å²) >= 11 is 0. The Morgan fingerprint density at radius 2 is 1.64 bits per heavy atom. The first kappa shape index (κ1) is 17.4. The fourth-order valence-corrected chi connectivity index (χ4v) is 2.86. The van der Waals surface area contributed by atoms with Crippen molar-refractivity contribution in [2.75, 3.05) is 0 Å². The minimum Gasteiger partial charge on any atom is -0.389 e. The summed E-state index contributed by atoms with van der Waals surface area (Å²) < 4.78 is 3.37. The summed E-state index contributed by atoms with van der Waals surface area (Å²) in [5, 5.41) is 10.4. The van der Waals surface area contributed by atoms with Crippen LogP contribution in [-0.4, -0.2) is 30.3 Å². The van der Waals surface area contributed by atoms with Crippen LogP contribution >= 0.6 is 0 Å². The summed E-state index contributed by atoms with van der Waals surface area (Å²) in [6.45, 7) is 8.68. The van der Waals surface area contributed by atoms with Gasteiger partial charge in [0.05, 0.1) is 48.6 Å². The Labute approximate surface area is 146 Å². The molecule has 0 unspecified atom stereocenters. The van der Waals surface area contributed by atoms with Gasteiger partial charge in [0.2, 0.25) is 0 Å². The van der Waals surface area contributed by atoms with Gasteiger partial charge >= 0.3 is 0 Å². The predicted molar refractivity (Wildman–Crippen MR) is 97.8 cm³/mol. The van der Waals surface area contributed by atoms with E-state index in [0.717, 1.165) is 16.7 Å². The average molecular weight is 340 g/mol. The number of fused-ring (bicyclic) bond motifs is 1. The van der Waals surface area contributed by atoms with Gasteiger partial charge in [-0.3, -0.25) is 9.36 Å². The molecular weight excluding hydrogens is 316 g/mol. The maximum atomic E-state index is 12.2. The summed E-state index contributed by atoms with van der Waals surface area (Å²) in [5.74, 6) is 0.205. The van der Waals surface area contributed by atoms with Crippen molar-refractivity contribution in [2.45, 2.75) is 52.8 Å². The lowest BCUT2D eigenvalue weighted by Gasteiger charge is -2.14. The van der Waals surface area contributed by atoms with Crippen LogP contribution in [-0.2, 0) is 13.1 Å². The molecule has 6 nitrogen and oxygen atoms in total. The molecule has 0 aliphatic carbocycles. The molecule has 0 fully saturated rings. The zero-order valence-electron chi connectivity index (χ0n) is 15.1. The lowest BCUT2D eigenvalue weighted by atomic mass is 10.1. The van der Waals surface area contributed by atoms with Crippen molar-refractivity contribution in [3.05, 3.63) is 58.0 Å². The van der Waals surface area contributed by atoms with Crippen molar-refractivity contribution in [2.24, 2.45) is 0 Å². The second-order valence-electron chi connectivity index (χ2n) is 6.94. The van der Waals surface area contributed by atoms with Crippen LogP contribution in [0.1, 0.15) is 36.6 Å². The van der Waals surface area contributed by atoms with Crippen molar-refractivity contribution >= 4 is 11.0 Å². The third-order valence-electron chi connectivity index (χ3n) is 4.54. The molecule has 1 atom stereocenters. The van der Waals surface area contributed by atoms with E-state index in [-0.39, 0.29) is 18.0 Å². The first-order valence-electron chi connectivity index (χ1n) is 8.51. The highest BCUT2D eigenvalue weighted by Gasteiger charge is 2.12. The van der Waals surface area contributed by atoms with Crippen molar-refractivity contribution in [3.8, 4) is 0 Å². The Morgan fingerprint density at radius 1 is 1.00 bits per heavy atom. The van der Waals surface area contributed by atoms with E-state index < -0.39 is 6.10 Å². The fourth-order valence-electron chi connectivity index (χ4n) is 2.86. The molecule has 2 heterocycles. The molecule has 0 radical (unpaired) electrons. The van der Waals surface area contributed by atoms with E-state index in [1.54, 1.807) is 6.33 Å². The molecule has 25 heavy (non-hydrogen) atoms. The third-order valence-corrected chi connectivity index (χ3v) is 4.54. The van der Waals surface area contributed by atoms with E-state index in [1.165, 1.54) is 28.1 Å². The predicted octanol–water partition coefficient (Wildman–Crippen LogP) is 2.39. The lowest BCUT2D eigenvalue weighted by Crippen LogP contribution is -2.29. The van der Waals surface area contributed by atoms with Gasteiger partial charge in [0.15, 0.2) is 0 Å². The Hall–Kier alpha value is -2.47. The molecule has 2 aromatic heterocycles. The molecule has 0 amide bonds. The molecule has 0 spiro atoms. The summed E-state index contributed by atoms with van der Waals surface area (Å²) in [7, 11) is 0. The molecule has 1 aromatic carbocycles. The SMILES string of the molecule is Cc1cc2ncn(C[C@H](O)Cn3cnc(C(C)C)cc3=O)c2cc1C. The highest BCUT2D eigenvalue weighted by Crippen LogP contribution is 2.18. The average Bonchev–Trinajstić information content (AvgIpc) is 2.91. The van der Waals surface area contributed by atoms with Gasteiger partial charge in [0.25, 0.3) is 5.56 Å². The standard InChI is InChI=1S/C19H24N4O2/c1-12(2)16-7-19(25)23(11-20-16)9-15(24)8-22-10-21-17-5-13(3)14(4)6-18(17)22/h5-7,10-12,15,24H,8-9H2,1-4H3/t15-/m0/s1. The lowest BCUT2D eigenvalue weighted by molar-refractivity contribution is 0.134. The van der Waals surface area contributed by atoms with E-state index >= 15 is 0 Å². The highest BCUT2D eigenvalue weighted by atomic mass is 16.3.